The molecule has 54 heavy (non-hydrogen) atoms. The number of benzene rings is 5. The molecule has 0 fully saturated rings. The number of methoxy groups -OCH3 is 1. The minimum absolute atomic E-state index is 0.0466. The summed E-state index contributed by atoms with van der Waals surface area (Å²) in [7, 11) is -2.39. The molecule has 1 aliphatic rings. The Balaban J connectivity index is 1.44. The number of anilines is 2. The summed E-state index contributed by atoms with van der Waals surface area (Å²) in [6.45, 7) is 4.72. The molecule has 0 bridgehead atoms. The van der Waals surface area contributed by atoms with Gasteiger partial charge in [-0.3, -0.25) is 10.1 Å². The lowest BCUT2D eigenvalue weighted by atomic mass is 9.76. The SMILES string of the molecule is CCCC[C@@]1(CC)CN(c2ccccc2)c2cc(SC)c(OCC(NC(c3ccccc3)(c3ccccc3)c3ccccc3)C(=O)OC)cc2S(=O)(=O)C1. The monoisotopic (exact) mass is 762 g/mol. The summed E-state index contributed by atoms with van der Waals surface area (Å²) in [5, 5.41) is 3.70. The second kappa shape index (κ2) is 17.3. The normalized spacial score (nSPS) is 17.2. The van der Waals surface area contributed by atoms with Crippen LogP contribution in [-0.4, -0.2) is 52.7 Å². The van der Waals surface area contributed by atoms with Crippen LogP contribution in [0.25, 0.3) is 0 Å². The Hall–Kier alpha value is -4.57. The maximum Gasteiger partial charge on any atom is 0.326 e. The summed E-state index contributed by atoms with van der Waals surface area (Å²) in [4.78, 5) is 16.9. The van der Waals surface area contributed by atoms with Crippen molar-refractivity contribution in [2.24, 2.45) is 5.41 Å². The lowest BCUT2D eigenvalue weighted by molar-refractivity contribution is -0.144. The number of nitrogens with zero attached hydrogens (tertiary/aromatic N) is 1. The molecule has 0 spiro atoms. The highest BCUT2D eigenvalue weighted by atomic mass is 32.2. The summed E-state index contributed by atoms with van der Waals surface area (Å²) in [6.07, 6.45) is 5.44. The summed E-state index contributed by atoms with van der Waals surface area (Å²) in [5.74, 6) is -0.0599. The van der Waals surface area contributed by atoms with Crippen LogP contribution >= 0.6 is 11.8 Å². The smallest absolute Gasteiger partial charge is 0.326 e. The van der Waals surface area contributed by atoms with Crippen LogP contribution in [0.3, 0.4) is 0 Å². The van der Waals surface area contributed by atoms with Crippen molar-refractivity contribution in [3.05, 3.63) is 150 Å². The first-order valence-corrected chi connectivity index (χ1v) is 21.5. The molecule has 282 valence electrons. The quantitative estimate of drug-likeness (QED) is 0.0642. The van der Waals surface area contributed by atoms with Crippen molar-refractivity contribution in [3.63, 3.8) is 0 Å². The Morgan fingerprint density at radius 3 is 1.87 bits per heavy atom. The number of rotatable bonds is 15. The first-order valence-electron chi connectivity index (χ1n) is 18.6. The number of ether oxygens (including phenoxy) is 2. The molecule has 7 nitrogen and oxygen atoms in total. The third-order valence-electron chi connectivity index (χ3n) is 10.6. The summed E-state index contributed by atoms with van der Waals surface area (Å²) < 4.78 is 41.0. The number of carbonyl (C=O) groups is 1. The highest BCUT2D eigenvalue weighted by Crippen LogP contribution is 2.47. The number of thioether (sulfide) groups is 1. The molecular weight excluding hydrogens is 713 g/mol. The first kappa shape index (κ1) is 39.1. The second-order valence-electron chi connectivity index (χ2n) is 14.0. The molecule has 0 saturated carbocycles. The molecular formula is C45H50N2O5S2. The maximum absolute atomic E-state index is 14.5. The molecule has 1 N–H and O–H groups in total. The predicted octanol–water partition coefficient (Wildman–Crippen LogP) is 9.42. The standard InChI is InChI=1S/C45H50N2O5S2/c1-5-7-28-44(6-2)32-47(37-26-18-11-19-27-37)39-29-41(53-4)40(30-42(39)54(49,50)33-44)52-31-38(43(48)51-3)46-45(34-20-12-8-13-21-34,35-22-14-9-15-23-35)36-24-16-10-17-25-36/h8-27,29-30,38,46H,5-7,28,31-33H2,1-4H3/t38?,44-/m0/s1. The van der Waals surface area contributed by atoms with Gasteiger partial charge in [-0.25, -0.2) is 8.42 Å². The number of carbonyl (C=O) groups excluding carboxylic acids is 1. The fourth-order valence-electron chi connectivity index (χ4n) is 7.70. The van der Waals surface area contributed by atoms with E-state index in [9.17, 15) is 13.2 Å². The van der Waals surface area contributed by atoms with Crippen LogP contribution in [0.1, 0.15) is 56.2 Å². The van der Waals surface area contributed by atoms with E-state index in [1.54, 1.807) is 6.07 Å². The van der Waals surface area contributed by atoms with E-state index in [2.05, 4.69) is 24.1 Å². The van der Waals surface area contributed by atoms with Crippen LogP contribution in [0.4, 0.5) is 11.4 Å². The number of sulfone groups is 1. The van der Waals surface area contributed by atoms with E-state index < -0.39 is 32.8 Å². The zero-order chi connectivity index (χ0) is 38.2. The minimum atomic E-state index is -3.75. The number of nitrogens with one attached hydrogen (secondary N) is 1. The Morgan fingerprint density at radius 1 is 0.852 bits per heavy atom. The third kappa shape index (κ3) is 8.09. The van der Waals surface area contributed by atoms with Gasteiger partial charge in [-0.15, -0.1) is 11.8 Å². The van der Waals surface area contributed by atoms with Crippen LogP contribution in [0, 0.1) is 5.41 Å². The molecule has 1 aliphatic heterocycles. The van der Waals surface area contributed by atoms with E-state index >= 15 is 0 Å². The van der Waals surface area contributed by atoms with Crippen molar-refractivity contribution < 1.29 is 22.7 Å². The lowest BCUT2D eigenvalue weighted by Crippen LogP contribution is -2.55. The van der Waals surface area contributed by atoms with Crippen LogP contribution in [-0.2, 0) is 24.9 Å². The van der Waals surface area contributed by atoms with E-state index in [1.165, 1.54) is 18.9 Å². The fraction of sp³-hybridized carbons (Fsp3) is 0.311. The number of fused-ring (bicyclic) bond motifs is 1. The predicted molar refractivity (Wildman–Crippen MR) is 220 cm³/mol. The lowest BCUT2D eigenvalue weighted by Gasteiger charge is -2.39. The van der Waals surface area contributed by atoms with Crippen LogP contribution in [0.5, 0.6) is 5.75 Å². The van der Waals surface area contributed by atoms with Crippen molar-refractivity contribution in [2.75, 3.05) is 37.2 Å². The number of para-hydroxylation sites is 1. The van der Waals surface area contributed by atoms with Crippen molar-refractivity contribution >= 4 is 38.9 Å². The van der Waals surface area contributed by atoms with Crippen molar-refractivity contribution in [1.29, 1.82) is 0 Å². The molecule has 5 aromatic rings. The number of unbranched alkanes of at least 4 members (excludes halogenated alkanes) is 1. The fourth-order valence-corrected chi connectivity index (χ4v) is 10.4. The van der Waals surface area contributed by atoms with Gasteiger partial charge in [0.25, 0.3) is 0 Å². The van der Waals surface area contributed by atoms with Crippen molar-refractivity contribution in [3.8, 4) is 5.75 Å². The van der Waals surface area contributed by atoms with E-state index in [4.69, 9.17) is 9.47 Å². The van der Waals surface area contributed by atoms with E-state index in [1.807, 2.05) is 134 Å². The highest BCUT2D eigenvalue weighted by molar-refractivity contribution is 7.98. The van der Waals surface area contributed by atoms with Gasteiger partial charge >= 0.3 is 5.97 Å². The van der Waals surface area contributed by atoms with Crippen LogP contribution in [0.15, 0.2) is 143 Å². The Morgan fingerprint density at radius 2 is 1.39 bits per heavy atom. The largest absolute Gasteiger partial charge is 0.490 e. The molecule has 0 radical (unpaired) electrons. The highest BCUT2D eigenvalue weighted by Gasteiger charge is 2.43. The number of hydrogen-bond donors (Lipinski definition) is 1. The Bertz CT molecular complexity index is 2000. The molecule has 9 heteroatoms. The zero-order valence-electron chi connectivity index (χ0n) is 31.5. The van der Waals surface area contributed by atoms with E-state index in [0.717, 1.165) is 53.0 Å². The molecule has 6 rings (SSSR count). The molecule has 1 unspecified atom stereocenters. The molecule has 0 amide bonds. The minimum Gasteiger partial charge on any atom is -0.490 e. The molecule has 5 aromatic carbocycles. The number of hydrogen-bond acceptors (Lipinski definition) is 8. The van der Waals surface area contributed by atoms with Gasteiger partial charge in [-0.05, 0) is 54.0 Å². The Kier molecular flexibility index (Phi) is 12.5. The van der Waals surface area contributed by atoms with Crippen molar-refractivity contribution in [1.82, 2.24) is 5.32 Å². The summed E-state index contributed by atoms with van der Waals surface area (Å²) >= 11 is 1.48. The van der Waals surface area contributed by atoms with Gasteiger partial charge in [0, 0.05) is 23.7 Å². The van der Waals surface area contributed by atoms with Gasteiger partial charge in [0.15, 0.2) is 9.84 Å². The zero-order valence-corrected chi connectivity index (χ0v) is 33.2. The average Bonchev–Trinajstić information content (AvgIpc) is 3.32. The van der Waals surface area contributed by atoms with Gasteiger partial charge in [-0.1, -0.05) is 136 Å². The molecule has 2 atom stereocenters. The maximum atomic E-state index is 14.5. The summed E-state index contributed by atoms with van der Waals surface area (Å²) in [6, 6.07) is 42.7. The van der Waals surface area contributed by atoms with Crippen LogP contribution in [0.2, 0.25) is 0 Å². The molecule has 0 aliphatic carbocycles. The topological polar surface area (TPSA) is 84.9 Å². The van der Waals surface area contributed by atoms with Gasteiger partial charge in [-0.2, -0.15) is 0 Å². The van der Waals surface area contributed by atoms with Gasteiger partial charge in [0.2, 0.25) is 0 Å². The van der Waals surface area contributed by atoms with Crippen LogP contribution < -0.4 is 15.0 Å². The van der Waals surface area contributed by atoms with Gasteiger partial charge in [0.1, 0.15) is 18.4 Å². The molecule has 0 saturated heterocycles. The Labute approximate surface area is 325 Å². The average molecular weight is 763 g/mol. The van der Waals surface area contributed by atoms with E-state index in [0.29, 0.717) is 18.0 Å². The van der Waals surface area contributed by atoms with Gasteiger partial charge < -0.3 is 14.4 Å². The van der Waals surface area contributed by atoms with Crippen molar-refractivity contribution in [2.45, 2.75) is 60.9 Å². The van der Waals surface area contributed by atoms with E-state index in [-0.39, 0.29) is 17.3 Å². The third-order valence-corrected chi connectivity index (χ3v) is 13.4. The number of esters is 1. The second-order valence-corrected chi connectivity index (χ2v) is 16.8. The molecule has 0 aromatic heterocycles. The summed E-state index contributed by atoms with van der Waals surface area (Å²) in [5.41, 5.74) is 2.98. The molecule has 1 heterocycles. The first-order chi connectivity index (χ1) is 26.2. The van der Waals surface area contributed by atoms with Gasteiger partial charge in [0.05, 0.1) is 33.9 Å².